The summed E-state index contributed by atoms with van der Waals surface area (Å²) in [5.41, 5.74) is 2.06. The van der Waals surface area contributed by atoms with Crippen LogP contribution in [0.15, 0.2) is 48.5 Å². The van der Waals surface area contributed by atoms with Crippen molar-refractivity contribution >= 4 is 27.3 Å². The van der Waals surface area contributed by atoms with E-state index < -0.39 is 10.0 Å². The number of nitrogens with one attached hydrogen (secondary N) is 1. The Morgan fingerprint density at radius 2 is 1.81 bits per heavy atom. The van der Waals surface area contributed by atoms with E-state index in [1.165, 1.54) is 0 Å². The SMILES string of the molecule is COCc1cccc(NS(=O)(=O)Cc2cccc(Cl)c2)c1. The van der Waals surface area contributed by atoms with Crippen LogP contribution in [0.2, 0.25) is 5.02 Å². The molecule has 0 heterocycles. The van der Waals surface area contributed by atoms with Gasteiger partial charge in [0.2, 0.25) is 10.0 Å². The van der Waals surface area contributed by atoms with Gasteiger partial charge in [0.1, 0.15) is 0 Å². The molecular weight excluding hydrogens is 310 g/mol. The summed E-state index contributed by atoms with van der Waals surface area (Å²) in [5.74, 6) is -0.123. The van der Waals surface area contributed by atoms with Crippen molar-refractivity contribution in [2.75, 3.05) is 11.8 Å². The van der Waals surface area contributed by atoms with Crippen LogP contribution in [0.3, 0.4) is 0 Å². The number of anilines is 1. The van der Waals surface area contributed by atoms with Gasteiger partial charge in [0.05, 0.1) is 12.4 Å². The minimum absolute atomic E-state index is 0.123. The number of sulfonamides is 1. The van der Waals surface area contributed by atoms with E-state index in [9.17, 15) is 8.42 Å². The number of rotatable bonds is 6. The second kappa shape index (κ2) is 6.93. The first-order chi connectivity index (χ1) is 9.98. The van der Waals surface area contributed by atoms with Crippen LogP contribution in [0.5, 0.6) is 0 Å². The van der Waals surface area contributed by atoms with Gasteiger partial charge in [-0.2, -0.15) is 0 Å². The van der Waals surface area contributed by atoms with E-state index in [0.29, 0.717) is 22.9 Å². The van der Waals surface area contributed by atoms with Crippen LogP contribution in [0.4, 0.5) is 5.69 Å². The summed E-state index contributed by atoms with van der Waals surface area (Å²) in [5, 5.41) is 0.518. The van der Waals surface area contributed by atoms with Gasteiger partial charge in [-0.3, -0.25) is 4.72 Å². The molecule has 4 nitrogen and oxygen atoms in total. The Hall–Kier alpha value is -1.56. The van der Waals surface area contributed by atoms with Crippen LogP contribution in [-0.4, -0.2) is 15.5 Å². The van der Waals surface area contributed by atoms with E-state index >= 15 is 0 Å². The number of hydrogen-bond donors (Lipinski definition) is 1. The lowest BCUT2D eigenvalue weighted by molar-refractivity contribution is 0.185. The van der Waals surface area contributed by atoms with Crippen LogP contribution in [0.1, 0.15) is 11.1 Å². The van der Waals surface area contributed by atoms with E-state index in [-0.39, 0.29) is 5.75 Å². The summed E-state index contributed by atoms with van der Waals surface area (Å²) in [4.78, 5) is 0. The molecule has 0 aliphatic carbocycles. The third-order valence-electron chi connectivity index (χ3n) is 2.76. The average Bonchev–Trinajstić information content (AvgIpc) is 2.38. The Kier molecular flexibility index (Phi) is 5.22. The highest BCUT2D eigenvalue weighted by Crippen LogP contribution is 2.17. The lowest BCUT2D eigenvalue weighted by Gasteiger charge is -2.09. The van der Waals surface area contributed by atoms with Gasteiger partial charge >= 0.3 is 0 Å². The summed E-state index contributed by atoms with van der Waals surface area (Å²) in [6, 6.07) is 13.9. The Morgan fingerprint density at radius 1 is 1.10 bits per heavy atom. The molecule has 6 heteroatoms. The van der Waals surface area contributed by atoms with Crippen molar-refractivity contribution in [3.63, 3.8) is 0 Å². The molecule has 0 bridgehead atoms. The predicted molar refractivity (Wildman–Crippen MR) is 84.9 cm³/mol. The van der Waals surface area contributed by atoms with Gasteiger partial charge in [-0.15, -0.1) is 0 Å². The summed E-state index contributed by atoms with van der Waals surface area (Å²) in [7, 11) is -1.89. The summed E-state index contributed by atoms with van der Waals surface area (Å²) in [6.07, 6.45) is 0. The molecule has 112 valence electrons. The van der Waals surface area contributed by atoms with E-state index in [1.807, 2.05) is 6.07 Å². The van der Waals surface area contributed by atoms with Gasteiger partial charge in [-0.05, 0) is 35.4 Å². The Morgan fingerprint density at radius 3 is 2.52 bits per heavy atom. The van der Waals surface area contributed by atoms with Crippen molar-refractivity contribution in [3.05, 3.63) is 64.7 Å². The standard InChI is InChI=1S/C15H16ClNO3S/c1-20-10-12-4-3-7-15(9-12)17-21(18,19)11-13-5-2-6-14(16)8-13/h2-9,17H,10-11H2,1H3. The number of ether oxygens (including phenoxy) is 1. The molecule has 0 radical (unpaired) electrons. The van der Waals surface area contributed by atoms with Gasteiger partial charge < -0.3 is 4.74 Å². The molecule has 21 heavy (non-hydrogen) atoms. The van der Waals surface area contributed by atoms with Crippen molar-refractivity contribution in [1.82, 2.24) is 0 Å². The fourth-order valence-electron chi connectivity index (χ4n) is 1.95. The fraction of sp³-hybridized carbons (Fsp3) is 0.200. The van der Waals surface area contributed by atoms with Gasteiger partial charge in [0, 0.05) is 17.8 Å². The quantitative estimate of drug-likeness (QED) is 0.885. The van der Waals surface area contributed by atoms with E-state index in [1.54, 1.807) is 49.6 Å². The second-order valence-electron chi connectivity index (χ2n) is 4.62. The molecule has 1 N–H and O–H groups in total. The number of hydrogen-bond acceptors (Lipinski definition) is 3. The lowest BCUT2D eigenvalue weighted by atomic mass is 10.2. The maximum Gasteiger partial charge on any atom is 0.236 e. The molecule has 0 spiro atoms. The molecule has 2 aromatic rings. The molecule has 0 amide bonds. The first kappa shape index (κ1) is 15.8. The minimum atomic E-state index is -3.49. The zero-order chi connectivity index (χ0) is 15.3. The third-order valence-corrected chi connectivity index (χ3v) is 4.25. The van der Waals surface area contributed by atoms with Crippen molar-refractivity contribution < 1.29 is 13.2 Å². The molecule has 0 saturated carbocycles. The number of methoxy groups -OCH3 is 1. The number of benzene rings is 2. The van der Waals surface area contributed by atoms with Crippen LogP contribution < -0.4 is 4.72 Å². The minimum Gasteiger partial charge on any atom is -0.380 e. The van der Waals surface area contributed by atoms with Gasteiger partial charge in [-0.1, -0.05) is 35.9 Å². The third kappa shape index (κ3) is 5.04. The molecule has 0 aliphatic heterocycles. The van der Waals surface area contributed by atoms with Crippen LogP contribution in [-0.2, 0) is 27.1 Å². The average molecular weight is 326 g/mol. The molecule has 0 aliphatic rings. The molecule has 0 unspecified atom stereocenters. The molecule has 2 rings (SSSR count). The van der Waals surface area contributed by atoms with E-state index in [4.69, 9.17) is 16.3 Å². The maximum atomic E-state index is 12.2. The molecule has 2 aromatic carbocycles. The van der Waals surface area contributed by atoms with E-state index in [2.05, 4.69) is 4.72 Å². The normalized spacial score (nSPS) is 11.3. The summed E-state index contributed by atoms with van der Waals surface area (Å²) < 4.78 is 31.9. The van der Waals surface area contributed by atoms with Crippen LogP contribution in [0.25, 0.3) is 0 Å². The highest BCUT2D eigenvalue weighted by atomic mass is 35.5. The second-order valence-corrected chi connectivity index (χ2v) is 6.78. The van der Waals surface area contributed by atoms with Gasteiger partial charge in [0.15, 0.2) is 0 Å². The maximum absolute atomic E-state index is 12.2. The summed E-state index contributed by atoms with van der Waals surface area (Å²) >= 11 is 5.86. The molecule has 0 atom stereocenters. The Bertz CT molecular complexity index is 716. The zero-order valence-corrected chi connectivity index (χ0v) is 13.1. The first-order valence-corrected chi connectivity index (χ1v) is 8.34. The number of halogens is 1. The Labute approximate surface area is 129 Å². The zero-order valence-electron chi connectivity index (χ0n) is 11.5. The van der Waals surface area contributed by atoms with Crippen LogP contribution in [0, 0.1) is 0 Å². The van der Waals surface area contributed by atoms with Crippen molar-refractivity contribution in [3.8, 4) is 0 Å². The highest BCUT2D eigenvalue weighted by Gasteiger charge is 2.12. The molecular formula is C15H16ClNO3S. The molecule has 0 fully saturated rings. The molecule has 0 aromatic heterocycles. The van der Waals surface area contributed by atoms with Crippen molar-refractivity contribution in [2.24, 2.45) is 0 Å². The highest BCUT2D eigenvalue weighted by molar-refractivity contribution is 7.91. The largest absolute Gasteiger partial charge is 0.380 e. The van der Waals surface area contributed by atoms with Crippen molar-refractivity contribution in [1.29, 1.82) is 0 Å². The van der Waals surface area contributed by atoms with Gasteiger partial charge in [-0.25, -0.2) is 8.42 Å². The summed E-state index contributed by atoms with van der Waals surface area (Å²) in [6.45, 7) is 0.434. The topological polar surface area (TPSA) is 55.4 Å². The fourth-order valence-corrected chi connectivity index (χ4v) is 3.34. The van der Waals surface area contributed by atoms with Crippen molar-refractivity contribution in [2.45, 2.75) is 12.4 Å². The lowest BCUT2D eigenvalue weighted by Crippen LogP contribution is -2.15. The monoisotopic (exact) mass is 325 g/mol. The van der Waals surface area contributed by atoms with E-state index in [0.717, 1.165) is 5.56 Å². The molecule has 0 saturated heterocycles. The smallest absolute Gasteiger partial charge is 0.236 e. The van der Waals surface area contributed by atoms with Crippen LogP contribution >= 0.6 is 11.6 Å². The van der Waals surface area contributed by atoms with Gasteiger partial charge in [0.25, 0.3) is 0 Å². The Balaban J connectivity index is 2.12. The first-order valence-electron chi connectivity index (χ1n) is 6.31. The predicted octanol–water partition coefficient (Wildman–Crippen LogP) is 3.43.